The van der Waals surface area contributed by atoms with Crippen LogP contribution in [-0.4, -0.2) is 49.0 Å². The molecular weight excluding hydrogens is 426 g/mol. The van der Waals surface area contributed by atoms with Crippen LogP contribution < -0.4 is 11.2 Å². The van der Waals surface area contributed by atoms with Crippen molar-refractivity contribution in [2.75, 3.05) is 6.61 Å². The number of H-pyrrole nitrogens is 1. The van der Waals surface area contributed by atoms with E-state index >= 15 is 0 Å². The molecule has 1 unspecified atom stereocenters. The molecule has 28 heavy (non-hydrogen) atoms. The van der Waals surface area contributed by atoms with Crippen LogP contribution in [0.15, 0.2) is 15.8 Å². The summed E-state index contributed by atoms with van der Waals surface area (Å²) < 4.78 is 42.0. The molecule has 0 aromatic carbocycles. The Balaban J connectivity index is 2.19. The highest BCUT2D eigenvalue weighted by Crippen LogP contribution is 2.57. The summed E-state index contributed by atoms with van der Waals surface area (Å²) >= 11 is 0. The Morgan fingerprint density at radius 1 is 1.36 bits per heavy atom. The van der Waals surface area contributed by atoms with Crippen LogP contribution in [0.3, 0.4) is 0 Å². The molecule has 4 atom stereocenters. The van der Waals surface area contributed by atoms with Crippen molar-refractivity contribution < 1.29 is 46.9 Å². The average Bonchev–Trinajstić information content (AvgIpc) is 2.88. The molecule has 1 aromatic heterocycles. The number of hydrogen-bond acceptors (Lipinski definition) is 9. The fourth-order valence-corrected chi connectivity index (χ4v) is 4.08. The molecule has 4 N–H and O–H groups in total. The maximum atomic E-state index is 12.0. The molecule has 14 nitrogen and oxygen atoms in total. The minimum Gasteiger partial charge on any atom is -0.460 e. The van der Waals surface area contributed by atoms with Crippen LogP contribution in [-0.2, 0) is 32.2 Å². The SMILES string of the molecule is CC(=O)O[C@H]1C[C@@H](n2cc(C)c(=O)[nH]c2=O)O[C@@H]1COP(=O)(O)OP(=O)(O)O. The van der Waals surface area contributed by atoms with E-state index in [-0.39, 0.29) is 12.0 Å². The summed E-state index contributed by atoms with van der Waals surface area (Å²) in [4.78, 5) is 63.3. The van der Waals surface area contributed by atoms with Crippen LogP contribution >= 0.6 is 15.6 Å². The van der Waals surface area contributed by atoms with Crippen molar-refractivity contribution in [3.8, 4) is 0 Å². The zero-order chi connectivity index (χ0) is 21.3. The van der Waals surface area contributed by atoms with E-state index in [4.69, 9.17) is 19.3 Å². The third-order valence-electron chi connectivity index (χ3n) is 3.57. The van der Waals surface area contributed by atoms with Crippen LogP contribution in [0.5, 0.6) is 0 Å². The molecule has 1 fully saturated rings. The van der Waals surface area contributed by atoms with Gasteiger partial charge in [0.15, 0.2) is 0 Å². The first-order valence-electron chi connectivity index (χ1n) is 7.66. The molecule has 0 saturated carbocycles. The normalized spacial score (nSPS) is 24.7. The molecule has 2 heterocycles. The molecule has 1 saturated heterocycles. The first kappa shape index (κ1) is 22.7. The zero-order valence-corrected chi connectivity index (χ0v) is 16.4. The summed E-state index contributed by atoms with van der Waals surface area (Å²) in [6.45, 7) is 1.81. The van der Waals surface area contributed by atoms with Gasteiger partial charge in [-0.25, -0.2) is 13.9 Å². The quantitative estimate of drug-likeness (QED) is 0.304. The third kappa shape index (κ3) is 6.19. The number of esters is 1. The number of aromatic nitrogens is 2. The molecule has 0 radical (unpaired) electrons. The summed E-state index contributed by atoms with van der Waals surface area (Å²) in [5.74, 6) is -0.706. The number of rotatable bonds is 7. The van der Waals surface area contributed by atoms with Gasteiger partial charge in [-0.1, -0.05) is 0 Å². The Kier molecular flexibility index (Phi) is 6.79. The fraction of sp³-hybridized carbons (Fsp3) is 0.583. The number of phosphoric ester groups is 1. The van der Waals surface area contributed by atoms with E-state index in [1.807, 2.05) is 0 Å². The second kappa shape index (κ2) is 8.39. The van der Waals surface area contributed by atoms with E-state index in [0.29, 0.717) is 0 Å². The van der Waals surface area contributed by atoms with Crippen molar-refractivity contribution >= 4 is 21.6 Å². The van der Waals surface area contributed by atoms with Gasteiger partial charge in [0.25, 0.3) is 5.56 Å². The van der Waals surface area contributed by atoms with Crippen molar-refractivity contribution in [2.24, 2.45) is 0 Å². The number of phosphoric acid groups is 2. The Bertz CT molecular complexity index is 949. The maximum Gasteiger partial charge on any atom is 0.481 e. The van der Waals surface area contributed by atoms with Crippen LogP contribution in [0, 0.1) is 6.92 Å². The maximum absolute atomic E-state index is 12.0. The second-order valence-electron chi connectivity index (χ2n) is 5.83. The first-order valence-corrected chi connectivity index (χ1v) is 10.7. The summed E-state index contributed by atoms with van der Waals surface area (Å²) in [7, 11) is -10.4. The molecule has 1 aliphatic heterocycles. The summed E-state index contributed by atoms with van der Waals surface area (Å²) in [6, 6.07) is 0. The third-order valence-corrected chi connectivity index (χ3v) is 5.72. The highest BCUT2D eigenvalue weighted by Gasteiger charge is 2.41. The lowest BCUT2D eigenvalue weighted by molar-refractivity contribution is -0.150. The van der Waals surface area contributed by atoms with Gasteiger partial charge in [0.2, 0.25) is 0 Å². The lowest BCUT2D eigenvalue weighted by Gasteiger charge is -2.20. The van der Waals surface area contributed by atoms with Gasteiger partial charge in [0.1, 0.15) is 18.4 Å². The lowest BCUT2D eigenvalue weighted by Crippen LogP contribution is -2.33. The predicted molar refractivity (Wildman–Crippen MR) is 89.0 cm³/mol. The number of nitrogens with zero attached hydrogens (tertiary/aromatic N) is 1. The van der Waals surface area contributed by atoms with Gasteiger partial charge in [-0.3, -0.25) is 23.7 Å². The number of hydrogen-bond donors (Lipinski definition) is 4. The minimum absolute atomic E-state index is 0.0614. The van der Waals surface area contributed by atoms with Crippen molar-refractivity contribution in [1.29, 1.82) is 0 Å². The van der Waals surface area contributed by atoms with Crippen LogP contribution in [0.25, 0.3) is 0 Å². The summed E-state index contributed by atoms with van der Waals surface area (Å²) in [5, 5.41) is 0. The fourth-order valence-electron chi connectivity index (χ4n) is 2.48. The van der Waals surface area contributed by atoms with Crippen molar-refractivity contribution in [1.82, 2.24) is 9.55 Å². The molecule has 0 amide bonds. The molecule has 0 aliphatic carbocycles. The molecule has 0 bridgehead atoms. The Hall–Kier alpha value is -1.63. The Morgan fingerprint density at radius 3 is 2.57 bits per heavy atom. The Morgan fingerprint density at radius 2 is 2.00 bits per heavy atom. The topological polar surface area (TPSA) is 204 Å². The predicted octanol–water partition coefficient (Wildman–Crippen LogP) is -0.709. The van der Waals surface area contributed by atoms with Gasteiger partial charge in [-0.2, -0.15) is 4.31 Å². The van der Waals surface area contributed by atoms with Crippen LogP contribution in [0.2, 0.25) is 0 Å². The number of carbonyl (C=O) groups is 1. The molecule has 1 aliphatic rings. The van der Waals surface area contributed by atoms with Gasteiger partial charge in [0.05, 0.1) is 6.61 Å². The van der Waals surface area contributed by atoms with E-state index in [9.17, 15) is 28.4 Å². The molecule has 1 aromatic rings. The van der Waals surface area contributed by atoms with Gasteiger partial charge in [0, 0.05) is 25.1 Å². The van der Waals surface area contributed by atoms with Gasteiger partial charge < -0.3 is 24.2 Å². The van der Waals surface area contributed by atoms with Crippen LogP contribution in [0.1, 0.15) is 25.1 Å². The van der Waals surface area contributed by atoms with E-state index < -0.39 is 57.9 Å². The summed E-state index contributed by atoms with van der Waals surface area (Å²) in [6.07, 6.45) is -2.03. The Labute approximate surface area is 156 Å². The second-order valence-corrected chi connectivity index (χ2v) is 8.66. The number of aryl methyl sites for hydroxylation is 1. The van der Waals surface area contributed by atoms with E-state index in [1.165, 1.54) is 13.1 Å². The number of aromatic amines is 1. The molecular formula is C12H18N2O12P2. The smallest absolute Gasteiger partial charge is 0.460 e. The number of nitrogens with one attached hydrogen (secondary N) is 1. The highest BCUT2D eigenvalue weighted by atomic mass is 31.3. The zero-order valence-electron chi connectivity index (χ0n) is 14.6. The minimum atomic E-state index is -5.31. The van der Waals surface area contributed by atoms with E-state index in [1.54, 1.807) is 0 Å². The first-order chi connectivity index (χ1) is 12.8. The number of carbonyl (C=O) groups excluding carboxylic acids is 1. The molecule has 2 rings (SSSR count). The van der Waals surface area contributed by atoms with Gasteiger partial charge in [-0.05, 0) is 6.92 Å². The van der Waals surface area contributed by atoms with E-state index in [2.05, 4.69) is 13.8 Å². The van der Waals surface area contributed by atoms with Gasteiger partial charge >= 0.3 is 27.3 Å². The van der Waals surface area contributed by atoms with Crippen molar-refractivity contribution in [3.63, 3.8) is 0 Å². The van der Waals surface area contributed by atoms with E-state index in [0.717, 1.165) is 11.5 Å². The number of ether oxygens (including phenoxy) is 2. The lowest BCUT2D eigenvalue weighted by atomic mass is 10.2. The standard InChI is InChI=1S/C12H18N2O12P2/c1-6-4-14(12(17)13-11(6)16)10-3-8(24-7(2)15)9(25-10)5-23-28(21,22)26-27(18,19)20/h4,8-10H,3,5H2,1-2H3,(H,21,22)(H,13,16,17)(H2,18,19,20)/t8-,9+,10-/m0/s1. The largest absolute Gasteiger partial charge is 0.481 e. The summed E-state index contributed by atoms with van der Waals surface area (Å²) in [5.41, 5.74) is -1.17. The van der Waals surface area contributed by atoms with Crippen molar-refractivity contribution in [3.05, 3.63) is 32.6 Å². The van der Waals surface area contributed by atoms with Crippen molar-refractivity contribution in [2.45, 2.75) is 38.7 Å². The molecule has 0 spiro atoms. The monoisotopic (exact) mass is 444 g/mol. The molecule has 158 valence electrons. The van der Waals surface area contributed by atoms with Gasteiger partial charge in [-0.15, -0.1) is 0 Å². The highest BCUT2D eigenvalue weighted by molar-refractivity contribution is 7.60. The van der Waals surface area contributed by atoms with Crippen LogP contribution in [0.4, 0.5) is 0 Å². The molecule has 16 heteroatoms. The average molecular weight is 444 g/mol.